The highest BCUT2D eigenvalue weighted by Gasteiger charge is 2.17. The van der Waals surface area contributed by atoms with Crippen LogP contribution < -0.4 is 5.32 Å². The molecule has 1 N–H and O–H groups in total. The second-order valence-corrected chi connectivity index (χ2v) is 4.45. The van der Waals surface area contributed by atoms with Gasteiger partial charge < -0.3 is 10.2 Å². The first-order valence-corrected chi connectivity index (χ1v) is 6.23. The molecule has 0 aromatic heterocycles. The van der Waals surface area contributed by atoms with Gasteiger partial charge >= 0.3 is 0 Å². The van der Waals surface area contributed by atoms with Gasteiger partial charge in [-0.2, -0.15) is 0 Å². The van der Waals surface area contributed by atoms with E-state index in [2.05, 4.69) is 23.1 Å². The molecule has 0 atom stereocenters. The molecule has 0 aromatic rings. The molecule has 15 heavy (non-hydrogen) atoms. The standard InChI is InChI=1S/C13H24N2/c1-3-5-13-6-10-15(11-7-13)12-9-14-8-4-2/h2,13-14H,3,5-12H2,1H3. The molecule has 0 bridgehead atoms. The Morgan fingerprint density at radius 3 is 2.73 bits per heavy atom. The Balaban J connectivity index is 2.02. The first-order valence-electron chi connectivity index (χ1n) is 6.23. The van der Waals surface area contributed by atoms with Crippen molar-refractivity contribution in [1.29, 1.82) is 0 Å². The highest BCUT2D eigenvalue weighted by atomic mass is 15.1. The zero-order valence-electron chi connectivity index (χ0n) is 9.97. The van der Waals surface area contributed by atoms with Gasteiger partial charge in [0.15, 0.2) is 0 Å². The SMILES string of the molecule is C#CCNCCN1CCC(CCC)CC1. The summed E-state index contributed by atoms with van der Waals surface area (Å²) in [5.41, 5.74) is 0. The molecule has 2 heteroatoms. The Bertz CT molecular complexity index is 187. The molecule has 86 valence electrons. The molecule has 1 fully saturated rings. The Morgan fingerprint density at radius 1 is 1.40 bits per heavy atom. The predicted molar refractivity (Wildman–Crippen MR) is 65.8 cm³/mol. The largest absolute Gasteiger partial charge is 0.305 e. The summed E-state index contributed by atoms with van der Waals surface area (Å²) in [4.78, 5) is 2.55. The van der Waals surface area contributed by atoms with E-state index in [9.17, 15) is 0 Å². The van der Waals surface area contributed by atoms with E-state index in [0.717, 1.165) is 19.0 Å². The van der Waals surface area contributed by atoms with Crippen LogP contribution in [0.3, 0.4) is 0 Å². The van der Waals surface area contributed by atoms with Crippen LogP contribution in [0, 0.1) is 18.3 Å². The highest BCUT2D eigenvalue weighted by Crippen LogP contribution is 2.21. The second-order valence-electron chi connectivity index (χ2n) is 4.45. The smallest absolute Gasteiger partial charge is 0.0574 e. The molecule has 0 amide bonds. The number of nitrogens with one attached hydrogen (secondary N) is 1. The van der Waals surface area contributed by atoms with Gasteiger partial charge in [0.1, 0.15) is 0 Å². The van der Waals surface area contributed by atoms with Crippen LogP contribution in [0.25, 0.3) is 0 Å². The molecule has 0 unspecified atom stereocenters. The van der Waals surface area contributed by atoms with Gasteiger partial charge in [0.25, 0.3) is 0 Å². The van der Waals surface area contributed by atoms with E-state index < -0.39 is 0 Å². The average Bonchev–Trinajstić information content (AvgIpc) is 2.27. The molecule has 0 aliphatic carbocycles. The van der Waals surface area contributed by atoms with Crippen LogP contribution in [0.1, 0.15) is 32.6 Å². The van der Waals surface area contributed by atoms with Crippen molar-refractivity contribution >= 4 is 0 Å². The molecule has 0 aromatic carbocycles. The third-order valence-electron chi connectivity index (χ3n) is 3.24. The molecule has 0 saturated carbocycles. The zero-order valence-corrected chi connectivity index (χ0v) is 9.97. The minimum Gasteiger partial charge on any atom is -0.305 e. The number of hydrogen-bond acceptors (Lipinski definition) is 2. The van der Waals surface area contributed by atoms with E-state index in [1.165, 1.54) is 38.8 Å². The zero-order chi connectivity index (χ0) is 10.9. The van der Waals surface area contributed by atoms with E-state index in [4.69, 9.17) is 6.42 Å². The van der Waals surface area contributed by atoms with Gasteiger partial charge in [-0.05, 0) is 31.8 Å². The van der Waals surface area contributed by atoms with Crippen molar-refractivity contribution < 1.29 is 0 Å². The third-order valence-corrected chi connectivity index (χ3v) is 3.24. The highest BCUT2D eigenvalue weighted by molar-refractivity contribution is 4.86. The maximum Gasteiger partial charge on any atom is 0.0574 e. The lowest BCUT2D eigenvalue weighted by molar-refractivity contribution is 0.180. The van der Waals surface area contributed by atoms with Crippen molar-refractivity contribution in [3.63, 3.8) is 0 Å². The number of hydrogen-bond donors (Lipinski definition) is 1. The predicted octanol–water partition coefficient (Wildman–Crippen LogP) is 1.72. The quantitative estimate of drug-likeness (QED) is 0.528. The molecular formula is C13H24N2. The van der Waals surface area contributed by atoms with Crippen molar-refractivity contribution in [2.45, 2.75) is 32.6 Å². The van der Waals surface area contributed by atoms with E-state index in [1.807, 2.05) is 0 Å². The summed E-state index contributed by atoms with van der Waals surface area (Å²) in [7, 11) is 0. The van der Waals surface area contributed by atoms with Crippen molar-refractivity contribution in [2.75, 3.05) is 32.7 Å². The monoisotopic (exact) mass is 208 g/mol. The normalized spacial score (nSPS) is 18.9. The number of rotatable bonds is 6. The van der Waals surface area contributed by atoms with Crippen LogP contribution in [0.5, 0.6) is 0 Å². The summed E-state index contributed by atoms with van der Waals surface area (Å²) in [6.07, 6.45) is 10.7. The molecule has 0 spiro atoms. The summed E-state index contributed by atoms with van der Waals surface area (Å²) in [5.74, 6) is 3.59. The van der Waals surface area contributed by atoms with Gasteiger partial charge in [-0.25, -0.2) is 0 Å². The van der Waals surface area contributed by atoms with Crippen LogP contribution in [0.2, 0.25) is 0 Å². The van der Waals surface area contributed by atoms with Crippen molar-refractivity contribution in [3.8, 4) is 12.3 Å². The molecule has 1 aliphatic heterocycles. The lowest BCUT2D eigenvalue weighted by Crippen LogP contribution is -2.38. The van der Waals surface area contributed by atoms with E-state index in [0.29, 0.717) is 6.54 Å². The summed E-state index contributed by atoms with van der Waals surface area (Å²) >= 11 is 0. The van der Waals surface area contributed by atoms with Crippen LogP contribution in [-0.4, -0.2) is 37.6 Å². The number of terminal acetylenes is 1. The lowest BCUT2D eigenvalue weighted by atomic mass is 9.92. The molecule has 0 radical (unpaired) electrons. The molecular weight excluding hydrogens is 184 g/mol. The fraction of sp³-hybridized carbons (Fsp3) is 0.846. The minimum absolute atomic E-state index is 0.701. The summed E-state index contributed by atoms with van der Waals surface area (Å²) in [6, 6.07) is 0. The maximum atomic E-state index is 5.17. The molecule has 1 saturated heterocycles. The van der Waals surface area contributed by atoms with Crippen molar-refractivity contribution in [2.24, 2.45) is 5.92 Å². The average molecular weight is 208 g/mol. The van der Waals surface area contributed by atoms with Gasteiger partial charge in [0.2, 0.25) is 0 Å². The van der Waals surface area contributed by atoms with E-state index in [-0.39, 0.29) is 0 Å². The third kappa shape index (κ3) is 5.20. The van der Waals surface area contributed by atoms with Gasteiger partial charge in [-0.15, -0.1) is 6.42 Å². The lowest BCUT2D eigenvalue weighted by Gasteiger charge is -2.31. The Kier molecular flexibility index (Phi) is 6.47. The fourth-order valence-electron chi connectivity index (χ4n) is 2.30. The Hall–Kier alpha value is -0.520. The summed E-state index contributed by atoms with van der Waals surface area (Å²) < 4.78 is 0. The molecule has 1 heterocycles. The van der Waals surface area contributed by atoms with Gasteiger partial charge in [0, 0.05) is 13.1 Å². The molecule has 1 aliphatic rings. The van der Waals surface area contributed by atoms with E-state index >= 15 is 0 Å². The fourth-order valence-corrected chi connectivity index (χ4v) is 2.30. The summed E-state index contributed by atoms with van der Waals surface area (Å²) in [5, 5.41) is 3.24. The Morgan fingerprint density at radius 2 is 2.13 bits per heavy atom. The number of nitrogens with zero attached hydrogens (tertiary/aromatic N) is 1. The van der Waals surface area contributed by atoms with Crippen LogP contribution >= 0.6 is 0 Å². The van der Waals surface area contributed by atoms with Gasteiger partial charge in [0.05, 0.1) is 6.54 Å². The first kappa shape index (κ1) is 12.5. The van der Waals surface area contributed by atoms with Crippen molar-refractivity contribution in [3.05, 3.63) is 0 Å². The topological polar surface area (TPSA) is 15.3 Å². The Labute approximate surface area is 94.4 Å². The number of piperidine rings is 1. The first-order chi connectivity index (χ1) is 7.36. The van der Waals surface area contributed by atoms with Gasteiger partial charge in [-0.3, -0.25) is 0 Å². The van der Waals surface area contributed by atoms with E-state index in [1.54, 1.807) is 0 Å². The maximum absolute atomic E-state index is 5.17. The molecule has 2 nitrogen and oxygen atoms in total. The second kappa shape index (κ2) is 7.73. The minimum atomic E-state index is 0.701. The van der Waals surface area contributed by atoms with Gasteiger partial charge in [-0.1, -0.05) is 25.7 Å². The molecule has 1 rings (SSSR count). The van der Waals surface area contributed by atoms with Crippen LogP contribution in [0.4, 0.5) is 0 Å². The van der Waals surface area contributed by atoms with Crippen molar-refractivity contribution in [1.82, 2.24) is 10.2 Å². The number of likely N-dealkylation sites (tertiary alicyclic amines) is 1. The summed E-state index contributed by atoms with van der Waals surface area (Å²) in [6.45, 7) is 7.73. The van der Waals surface area contributed by atoms with Crippen LogP contribution in [0.15, 0.2) is 0 Å². The van der Waals surface area contributed by atoms with Crippen LogP contribution in [-0.2, 0) is 0 Å².